The topological polar surface area (TPSA) is 54.6 Å². The van der Waals surface area contributed by atoms with Crippen molar-refractivity contribution in [3.8, 4) is 5.75 Å². The van der Waals surface area contributed by atoms with Gasteiger partial charge in [-0.25, -0.2) is 4.98 Å². The molecule has 1 fully saturated rings. The SMILES string of the molecule is COc1cccnc1N1CCN(C(C)CN)CC1. The first-order valence-electron chi connectivity index (χ1n) is 6.44. The highest BCUT2D eigenvalue weighted by Gasteiger charge is 2.22. The van der Waals surface area contributed by atoms with Gasteiger partial charge in [0.05, 0.1) is 7.11 Å². The molecule has 5 nitrogen and oxygen atoms in total. The van der Waals surface area contributed by atoms with Crippen molar-refractivity contribution in [3.05, 3.63) is 18.3 Å². The number of hydrogen-bond acceptors (Lipinski definition) is 5. The Morgan fingerprint density at radius 3 is 2.72 bits per heavy atom. The van der Waals surface area contributed by atoms with Gasteiger partial charge in [-0.2, -0.15) is 0 Å². The van der Waals surface area contributed by atoms with Crippen molar-refractivity contribution in [2.45, 2.75) is 13.0 Å². The molecule has 0 radical (unpaired) electrons. The second-order valence-corrected chi connectivity index (χ2v) is 4.64. The van der Waals surface area contributed by atoms with Crippen molar-refractivity contribution in [3.63, 3.8) is 0 Å². The van der Waals surface area contributed by atoms with Crippen molar-refractivity contribution in [1.82, 2.24) is 9.88 Å². The number of hydrogen-bond donors (Lipinski definition) is 1. The Labute approximate surface area is 109 Å². The number of aromatic nitrogens is 1. The predicted molar refractivity (Wildman–Crippen MR) is 73.1 cm³/mol. The molecule has 2 heterocycles. The van der Waals surface area contributed by atoms with Gasteiger partial charge in [-0.3, -0.25) is 4.90 Å². The lowest BCUT2D eigenvalue weighted by Gasteiger charge is -2.38. The van der Waals surface area contributed by atoms with Crippen LogP contribution in [0.5, 0.6) is 5.75 Å². The zero-order valence-electron chi connectivity index (χ0n) is 11.2. The molecule has 2 N–H and O–H groups in total. The summed E-state index contributed by atoms with van der Waals surface area (Å²) in [5, 5.41) is 0. The second-order valence-electron chi connectivity index (χ2n) is 4.64. The fraction of sp³-hybridized carbons (Fsp3) is 0.615. The van der Waals surface area contributed by atoms with E-state index in [1.165, 1.54) is 0 Å². The summed E-state index contributed by atoms with van der Waals surface area (Å²) in [7, 11) is 1.69. The molecule has 0 bridgehead atoms. The number of piperazine rings is 1. The second kappa shape index (κ2) is 6.02. The van der Waals surface area contributed by atoms with Crippen molar-refractivity contribution >= 4 is 5.82 Å². The van der Waals surface area contributed by atoms with Crippen LogP contribution in [0.2, 0.25) is 0 Å². The van der Waals surface area contributed by atoms with Gasteiger partial charge in [0, 0.05) is 45.0 Å². The maximum absolute atomic E-state index is 5.71. The normalized spacial score (nSPS) is 18.7. The first-order valence-corrected chi connectivity index (χ1v) is 6.44. The van der Waals surface area contributed by atoms with E-state index in [9.17, 15) is 0 Å². The summed E-state index contributed by atoms with van der Waals surface area (Å²) in [5.74, 6) is 1.79. The van der Waals surface area contributed by atoms with E-state index in [2.05, 4.69) is 21.7 Å². The number of ether oxygens (including phenoxy) is 1. The minimum absolute atomic E-state index is 0.456. The summed E-state index contributed by atoms with van der Waals surface area (Å²) in [6, 6.07) is 4.31. The molecule has 1 atom stereocenters. The van der Waals surface area contributed by atoms with E-state index in [0.717, 1.165) is 37.7 Å². The molecule has 5 heteroatoms. The monoisotopic (exact) mass is 250 g/mol. The molecule has 1 aromatic rings. The fourth-order valence-corrected chi connectivity index (χ4v) is 2.30. The Kier molecular flexibility index (Phi) is 4.38. The zero-order valence-corrected chi connectivity index (χ0v) is 11.2. The largest absolute Gasteiger partial charge is 0.493 e. The fourth-order valence-electron chi connectivity index (χ4n) is 2.30. The molecule has 1 aromatic heterocycles. The smallest absolute Gasteiger partial charge is 0.171 e. The number of pyridine rings is 1. The third-order valence-corrected chi connectivity index (χ3v) is 3.55. The molecule has 1 unspecified atom stereocenters. The number of methoxy groups -OCH3 is 1. The summed E-state index contributed by atoms with van der Waals surface area (Å²) in [6.07, 6.45) is 1.81. The van der Waals surface area contributed by atoms with Crippen LogP contribution in [-0.2, 0) is 0 Å². The van der Waals surface area contributed by atoms with Crippen LogP contribution in [-0.4, -0.2) is 55.8 Å². The zero-order chi connectivity index (χ0) is 13.0. The first kappa shape index (κ1) is 13.1. The molecule has 1 aliphatic heterocycles. The van der Waals surface area contributed by atoms with Crippen LogP contribution < -0.4 is 15.4 Å². The average Bonchev–Trinajstić information content (AvgIpc) is 2.46. The van der Waals surface area contributed by atoms with Gasteiger partial charge in [0.2, 0.25) is 0 Å². The molecule has 0 aromatic carbocycles. The Bertz CT molecular complexity index is 377. The number of nitrogens with zero attached hydrogens (tertiary/aromatic N) is 3. The molecule has 0 aliphatic carbocycles. The van der Waals surface area contributed by atoms with Gasteiger partial charge >= 0.3 is 0 Å². The van der Waals surface area contributed by atoms with Gasteiger partial charge in [-0.05, 0) is 19.1 Å². The van der Waals surface area contributed by atoms with Gasteiger partial charge < -0.3 is 15.4 Å². The van der Waals surface area contributed by atoms with Crippen LogP contribution in [0.3, 0.4) is 0 Å². The lowest BCUT2D eigenvalue weighted by atomic mass is 10.2. The van der Waals surface area contributed by atoms with Crippen molar-refractivity contribution < 1.29 is 4.74 Å². The van der Waals surface area contributed by atoms with Gasteiger partial charge in [0.15, 0.2) is 11.6 Å². The van der Waals surface area contributed by atoms with Gasteiger partial charge in [-0.1, -0.05) is 0 Å². The predicted octanol–water partition coefficient (Wildman–Crippen LogP) is 0.559. The van der Waals surface area contributed by atoms with Crippen molar-refractivity contribution in [2.75, 3.05) is 44.7 Å². The van der Waals surface area contributed by atoms with Gasteiger partial charge in [0.25, 0.3) is 0 Å². The van der Waals surface area contributed by atoms with E-state index in [0.29, 0.717) is 12.6 Å². The molecular formula is C13H22N4O. The van der Waals surface area contributed by atoms with Gasteiger partial charge in [-0.15, -0.1) is 0 Å². The van der Waals surface area contributed by atoms with E-state index < -0.39 is 0 Å². The molecule has 1 aliphatic rings. The van der Waals surface area contributed by atoms with Crippen LogP contribution in [0, 0.1) is 0 Å². The molecule has 1 saturated heterocycles. The molecule has 18 heavy (non-hydrogen) atoms. The van der Waals surface area contributed by atoms with E-state index in [4.69, 9.17) is 10.5 Å². The quantitative estimate of drug-likeness (QED) is 0.846. The van der Waals surface area contributed by atoms with E-state index in [1.807, 2.05) is 18.3 Å². The van der Waals surface area contributed by atoms with Crippen LogP contribution in [0.25, 0.3) is 0 Å². The third kappa shape index (κ3) is 2.73. The minimum Gasteiger partial charge on any atom is -0.493 e. The first-order chi connectivity index (χ1) is 8.76. The summed E-state index contributed by atoms with van der Waals surface area (Å²) in [4.78, 5) is 9.12. The molecule has 0 spiro atoms. The molecule has 0 saturated carbocycles. The molecule has 2 rings (SSSR count). The van der Waals surface area contributed by atoms with E-state index in [-0.39, 0.29) is 0 Å². The highest BCUT2D eigenvalue weighted by molar-refractivity contribution is 5.52. The maximum Gasteiger partial charge on any atom is 0.171 e. The van der Waals surface area contributed by atoms with Crippen LogP contribution in [0.4, 0.5) is 5.82 Å². The summed E-state index contributed by atoms with van der Waals surface area (Å²) >= 11 is 0. The van der Waals surface area contributed by atoms with E-state index in [1.54, 1.807) is 7.11 Å². The minimum atomic E-state index is 0.456. The van der Waals surface area contributed by atoms with E-state index >= 15 is 0 Å². The number of nitrogens with two attached hydrogens (primary N) is 1. The number of rotatable bonds is 4. The Morgan fingerprint density at radius 1 is 1.39 bits per heavy atom. The summed E-state index contributed by atoms with van der Waals surface area (Å²) < 4.78 is 5.36. The average molecular weight is 250 g/mol. The Morgan fingerprint density at radius 2 is 2.11 bits per heavy atom. The molecular weight excluding hydrogens is 228 g/mol. The number of anilines is 1. The summed E-state index contributed by atoms with van der Waals surface area (Å²) in [5.41, 5.74) is 5.71. The summed E-state index contributed by atoms with van der Waals surface area (Å²) in [6.45, 7) is 6.88. The lowest BCUT2D eigenvalue weighted by Crippen LogP contribution is -2.51. The molecule has 100 valence electrons. The van der Waals surface area contributed by atoms with Crippen LogP contribution in [0.1, 0.15) is 6.92 Å². The van der Waals surface area contributed by atoms with Crippen molar-refractivity contribution in [1.29, 1.82) is 0 Å². The standard InChI is InChI=1S/C13H22N4O/c1-11(10-14)16-6-8-17(9-7-16)13-12(18-2)4-3-5-15-13/h3-5,11H,6-10,14H2,1-2H3. The molecule has 0 amide bonds. The highest BCUT2D eigenvalue weighted by atomic mass is 16.5. The van der Waals surface area contributed by atoms with Gasteiger partial charge in [0.1, 0.15) is 0 Å². The third-order valence-electron chi connectivity index (χ3n) is 3.55. The van der Waals surface area contributed by atoms with Crippen LogP contribution >= 0.6 is 0 Å². The highest BCUT2D eigenvalue weighted by Crippen LogP contribution is 2.25. The Hall–Kier alpha value is -1.33. The van der Waals surface area contributed by atoms with Crippen molar-refractivity contribution in [2.24, 2.45) is 5.73 Å². The Balaban J connectivity index is 2.01. The maximum atomic E-state index is 5.71. The van der Waals surface area contributed by atoms with Crippen LogP contribution in [0.15, 0.2) is 18.3 Å². The lowest BCUT2D eigenvalue weighted by molar-refractivity contribution is 0.200.